The largest absolute Gasteiger partial charge is 0.356 e. The fourth-order valence-electron chi connectivity index (χ4n) is 2.90. The highest BCUT2D eigenvalue weighted by molar-refractivity contribution is 5.76. The Balaban J connectivity index is 1.63. The molecule has 2 aromatic carbocycles. The minimum absolute atomic E-state index is 0.0427. The number of nitrogens with zero attached hydrogens (tertiary/aromatic N) is 1. The Bertz CT molecular complexity index is 800. The topological polar surface area (TPSA) is 34.0 Å². The van der Waals surface area contributed by atoms with E-state index in [4.69, 9.17) is 0 Å². The van der Waals surface area contributed by atoms with Crippen molar-refractivity contribution in [3.8, 4) is 0 Å². The Morgan fingerprint density at radius 2 is 1.76 bits per heavy atom. The van der Waals surface area contributed by atoms with Crippen molar-refractivity contribution >= 4 is 5.91 Å². The van der Waals surface area contributed by atoms with E-state index in [1.165, 1.54) is 17.7 Å². The highest BCUT2D eigenvalue weighted by Gasteiger charge is 2.17. The monoisotopic (exact) mass is 336 g/mol. The Kier molecular flexibility index (Phi) is 5.62. The average molecular weight is 336 g/mol. The number of carbonyl (C=O) groups excluding carboxylic acids is 1. The van der Waals surface area contributed by atoms with Gasteiger partial charge in [-0.3, -0.25) is 4.79 Å². The zero-order valence-corrected chi connectivity index (χ0v) is 13.9. The van der Waals surface area contributed by atoms with E-state index in [1.807, 2.05) is 65.5 Å². The molecule has 0 unspecified atom stereocenters. The summed E-state index contributed by atoms with van der Waals surface area (Å²) in [7, 11) is 0. The Hall–Kier alpha value is -2.88. The first-order valence-corrected chi connectivity index (χ1v) is 8.41. The third kappa shape index (κ3) is 4.80. The van der Waals surface area contributed by atoms with Gasteiger partial charge in [0.05, 0.1) is 12.5 Å². The van der Waals surface area contributed by atoms with Crippen LogP contribution in [0.25, 0.3) is 0 Å². The molecule has 0 fully saturated rings. The van der Waals surface area contributed by atoms with Crippen LogP contribution in [0.4, 0.5) is 4.39 Å². The maximum atomic E-state index is 13.6. The van der Waals surface area contributed by atoms with Gasteiger partial charge < -0.3 is 9.88 Å². The van der Waals surface area contributed by atoms with Crippen molar-refractivity contribution < 1.29 is 9.18 Å². The molecule has 0 aliphatic carbocycles. The van der Waals surface area contributed by atoms with E-state index < -0.39 is 0 Å². The van der Waals surface area contributed by atoms with Crippen LogP contribution in [-0.4, -0.2) is 17.0 Å². The molecule has 1 amide bonds. The van der Waals surface area contributed by atoms with Crippen molar-refractivity contribution in [2.24, 2.45) is 0 Å². The third-order valence-electron chi connectivity index (χ3n) is 4.18. The number of halogens is 1. The standard InChI is InChI=1S/C21H21FN2O/c22-19-10-6-9-18(15-19)20(24-13-4-5-14-24)16-21(25)23-12-11-17-7-2-1-3-8-17/h1-10,13-15,20H,11-12,16H2,(H,23,25)/t20-/m1/s1. The highest BCUT2D eigenvalue weighted by Crippen LogP contribution is 2.23. The fourth-order valence-corrected chi connectivity index (χ4v) is 2.90. The molecule has 0 radical (unpaired) electrons. The number of nitrogens with one attached hydrogen (secondary N) is 1. The van der Waals surface area contributed by atoms with Crippen LogP contribution in [0.2, 0.25) is 0 Å². The number of hydrogen-bond donors (Lipinski definition) is 1. The van der Waals surface area contributed by atoms with Gasteiger partial charge in [-0.2, -0.15) is 0 Å². The zero-order chi connectivity index (χ0) is 17.5. The first-order chi connectivity index (χ1) is 12.2. The van der Waals surface area contributed by atoms with Crippen LogP contribution in [0.3, 0.4) is 0 Å². The van der Waals surface area contributed by atoms with Gasteiger partial charge in [0.2, 0.25) is 5.91 Å². The van der Waals surface area contributed by atoms with E-state index in [9.17, 15) is 9.18 Å². The van der Waals surface area contributed by atoms with Crippen LogP contribution in [-0.2, 0) is 11.2 Å². The summed E-state index contributed by atoms with van der Waals surface area (Å²) in [5.74, 6) is -0.335. The SMILES string of the molecule is O=C(C[C@H](c1cccc(F)c1)n1cccc1)NCCc1ccccc1. The lowest BCUT2D eigenvalue weighted by atomic mass is 10.0. The van der Waals surface area contributed by atoms with Crippen molar-refractivity contribution in [3.63, 3.8) is 0 Å². The summed E-state index contributed by atoms with van der Waals surface area (Å²) in [6, 6.07) is 20.1. The van der Waals surface area contributed by atoms with Crippen molar-refractivity contribution in [2.75, 3.05) is 6.54 Å². The van der Waals surface area contributed by atoms with Crippen molar-refractivity contribution in [2.45, 2.75) is 18.9 Å². The molecule has 3 rings (SSSR count). The van der Waals surface area contributed by atoms with Gasteiger partial charge in [0.1, 0.15) is 5.82 Å². The normalized spacial score (nSPS) is 11.9. The van der Waals surface area contributed by atoms with Crippen molar-refractivity contribution in [1.82, 2.24) is 9.88 Å². The van der Waals surface area contributed by atoms with Crippen molar-refractivity contribution in [3.05, 3.63) is 96.1 Å². The first kappa shape index (κ1) is 17.0. The summed E-state index contributed by atoms with van der Waals surface area (Å²) in [6.07, 6.45) is 4.85. The van der Waals surface area contributed by atoms with Gasteiger partial charge in [0.25, 0.3) is 0 Å². The van der Waals surface area contributed by atoms with E-state index >= 15 is 0 Å². The average Bonchev–Trinajstić information content (AvgIpc) is 3.15. The second kappa shape index (κ2) is 8.29. The number of rotatable bonds is 7. The third-order valence-corrected chi connectivity index (χ3v) is 4.18. The van der Waals surface area contributed by atoms with Crippen LogP contribution in [0.15, 0.2) is 79.1 Å². The first-order valence-electron chi connectivity index (χ1n) is 8.41. The van der Waals surface area contributed by atoms with Crippen molar-refractivity contribution in [1.29, 1.82) is 0 Å². The zero-order valence-electron chi connectivity index (χ0n) is 13.9. The highest BCUT2D eigenvalue weighted by atomic mass is 19.1. The molecule has 1 aromatic heterocycles. The summed E-state index contributed by atoms with van der Waals surface area (Å²) in [4.78, 5) is 12.4. The minimum atomic E-state index is -0.292. The second-order valence-corrected chi connectivity index (χ2v) is 5.99. The molecule has 0 saturated heterocycles. The minimum Gasteiger partial charge on any atom is -0.356 e. The number of carbonyl (C=O) groups is 1. The van der Waals surface area contributed by atoms with E-state index in [-0.39, 0.29) is 24.2 Å². The molecule has 128 valence electrons. The Morgan fingerprint density at radius 3 is 2.48 bits per heavy atom. The van der Waals surface area contributed by atoms with E-state index in [1.54, 1.807) is 6.07 Å². The van der Waals surface area contributed by atoms with Gasteiger partial charge in [0, 0.05) is 18.9 Å². The predicted octanol–water partition coefficient (Wildman–Crippen LogP) is 3.97. The molecule has 3 nitrogen and oxygen atoms in total. The predicted molar refractivity (Wildman–Crippen MR) is 96.7 cm³/mol. The second-order valence-electron chi connectivity index (χ2n) is 5.99. The van der Waals surface area contributed by atoms with Crippen LogP contribution < -0.4 is 5.32 Å². The van der Waals surface area contributed by atoms with Crippen LogP contribution in [0.5, 0.6) is 0 Å². The van der Waals surface area contributed by atoms with Gasteiger partial charge in [-0.25, -0.2) is 4.39 Å². The van der Waals surface area contributed by atoms with Crippen LogP contribution in [0.1, 0.15) is 23.6 Å². The smallest absolute Gasteiger partial charge is 0.222 e. The number of hydrogen-bond acceptors (Lipinski definition) is 1. The van der Waals surface area contributed by atoms with Gasteiger partial charge in [-0.05, 0) is 41.8 Å². The molecule has 1 heterocycles. The Morgan fingerprint density at radius 1 is 1.00 bits per heavy atom. The van der Waals surface area contributed by atoms with Gasteiger partial charge >= 0.3 is 0 Å². The Labute approximate surface area is 147 Å². The van der Waals surface area contributed by atoms with E-state index in [2.05, 4.69) is 5.32 Å². The molecule has 1 N–H and O–H groups in total. The molecule has 1 atom stereocenters. The van der Waals surface area contributed by atoms with Crippen LogP contribution >= 0.6 is 0 Å². The summed E-state index contributed by atoms with van der Waals surface area (Å²) in [5.41, 5.74) is 1.98. The summed E-state index contributed by atoms with van der Waals surface area (Å²) in [6.45, 7) is 0.588. The molecule has 25 heavy (non-hydrogen) atoms. The maximum Gasteiger partial charge on any atom is 0.222 e. The van der Waals surface area contributed by atoms with Crippen LogP contribution in [0, 0.1) is 5.82 Å². The van der Waals surface area contributed by atoms with Gasteiger partial charge in [-0.1, -0.05) is 42.5 Å². The molecule has 0 spiro atoms. The quantitative estimate of drug-likeness (QED) is 0.696. The molecular weight excluding hydrogens is 315 g/mol. The number of benzene rings is 2. The number of amides is 1. The van der Waals surface area contributed by atoms with Gasteiger partial charge in [0.15, 0.2) is 0 Å². The molecule has 4 heteroatoms. The van der Waals surface area contributed by atoms with E-state index in [0.717, 1.165) is 12.0 Å². The van der Waals surface area contributed by atoms with E-state index in [0.29, 0.717) is 6.54 Å². The summed E-state index contributed by atoms with van der Waals surface area (Å²) < 4.78 is 15.5. The van der Waals surface area contributed by atoms with Gasteiger partial charge in [-0.15, -0.1) is 0 Å². The maximum absolute atomic E-state index is 13.6. The number of aromatic nitrogens is 1. The molecule has 0 aliphatic rings. The molecule has 3 aromatic rings. The lowest BCUT2D eigenvalue weighted by Crippen LogP contribution is -2.28. The summed E-state index contributed by atoms with van der Waals surface area (Å²) in [5, 5.41) is 2.96. The molecular formula is C21H21FN2O. The fraction of sp³-hybridized carbons (Fsp3) is 0.190. The summed E-state index contributed by atoms with van der Waals surface area (Å²) >= 11 is 0. The molecule has 0 bridgehead atoms. The lowest BCUT2D eigenvalue weighted by molar-refractivity contribution is -0.121. The molecule has 0 saturated carbocycles. The molecule has 0 aliphatic heterocycles. The lowest BCUT2D eigenvalue weighted by Gasteiger charge is -2.19.